The largest absolute Gasteiger partial charge is 0.383 e. The highest BCUT2D eigenvalue weighted by Gasteiger charge is 2.22. The first kappa shape index (κ1) is 14.8. The molecule has 1 aliphatic rings. The van der Waals surface area contributed by atoms with Crippen LogP contribution in [0.1, 0.15) is 25.8 Å². The Bertz CT molecular complexity index is 480. The highest BCUT2D eigenvalue weighted by molar-refractivity contribution is 5.62. The van der Waals surface area contributed by atoms with Gasteiger partial charge in [-0.15, -0.1) is 0 Å². The second-order valence-electron chi connectivity index (χ2n) is 6.00. The molecule has 1 N–H and O–H groups in total. The van der Waals surface area contributed by atoms with Crippen molar-refractivity contribution in [3.63, 3.8) is 0 Å². The molecule has 0 amide bonds. The molecule has 1 heterocycles. The SMILES string of the molecule is CNc1ccc(CN2CC(C)CC(C)C2)cc1[N+](=O)[O-]. The maximum absolute atomic E-state index is 11.1. The van der Waals surface area contributed by atoms with Crippen molar-refractivity contribution < 1.29 is 4.92 Å². The monoisotopic (exact) mass is 277 g/mol. The molecule has 0 bridgehead atoms. The second kappa shape index (κ2) is 6.22. The summed E-state index contributed by atoms with van der Waals surface area (Å²) in [5, 5.41) is 13.9. The van der Waals surface area contributed by atoms with Gasteiger partial charge in [-0.25, -0.2) is 0 Å². The van der Waals surface area contributed by atoms with Gasteiger partial charge in [-0.3, -0.25) is 15.0 Å². The third-order valence-corrected chi connectivity index (χ3v) is 3.88. The number of benzene rings is 1. The molecule has 1 fully saturated rings. The lowest BCUT2D eigenvalue weighted by Gasteiger charge is -2.34. The van der Waals surface area contributed by atoms with E-state index in [-0.39, 0.29) is 10.6 Å². The smallest absolute Gasteiger partial charge is 0.292 e. The summed E-state index contributed by atoms with van der Waals surface area (Å²) in [6.45, 7) is 7.49. The lowest BCUT2D eigenvalue weighted by Crippen LogP contribution is -2.38. The molecule has 0 aromatic heterocycles. The number of likely N-dealkylation sites (tertiary alicyclic amines) is 1. The molecule has 2 unspecified atom stereocenters. The summed E-state index contributed by atoms with van der Waals surface area (Å²) >= 11 is 0. The summed E-state index contributed by atoms with van der Waals surface area (Å²) in [4.78, 5) is 13.2. The van der Waals surface area contributed by atoms with Crippen molar-refractivity contribution in [3.8, 4) is 0 Å². The first-order chi connectivity index (χ1) is 9.49. The Balaban J connectivity index is 2.13. The minimum absolute atomic E-state index is 0.156. The van der Waals surface area contributed by atoms with E-state index >= 15 is 0 Å². The van der Waals surface area contributed by atoms with Gasteiger partial charge in [-0.1, -0.05) is 19.9 Å². The number of rotatable bonds is 4. The van der Waals surface area contributed by atoms with E-state index in [0.29, 0.717) is 17.5 Å². The van der Waals surface area contributed by atoms with E-state index in [2.05, 4.69) is 24.1 Å². The standard InChI is InChI=1S/C15H23N3O2/c1-11-6-12(2)9-17(8-11)10-13-4-5-14(16-3)15(7-13)18(19)20/h4-5,7,11-12,16H,6,8-10H2,1-3H3. The van der Waals surface area contributed by atoms with Crippen LogP contribution < -0.4 is 5.32 Å². The van der Waals surface area contributed by atoms with Crippen LogP contribution in [0, 0.1) is 22.0 Å². The van der Waals surface area contributed by atoms with Crippen molar-refractivity contribution in [2.75, 3.05) is 25.5 Å². The molecule has 1 aliphatic heterocycles. The van der Waals surface area contributed by atoms with E-state index in [1.165, 1.54) is 6.42 Å². The van der Waals surface area contributed by atoms with Crippen LogP contribution in [0.5, 0.6) is 0 Å². The van der Waals surface area contributed by atoms with Crippen LogP contribution >= 0.6 is 0 Å². The van der Waals surface area contributed by atoms with Crippen molar-refractivity contribution in [1.82, 2.24) is 4.90 Å². The number of nitrogens with one attached hydrogen (secondary N) is 1. The zero-order chi connectivity index (χ0) is 14.7. The number of hydrogen-bond donors (Lipinski definition) is 1. The van der Waals surface area contributed by atoms with E-state index in [4.69, 9.17) is 0 Å². The zero-order valence-corrected chi connectivity index (χ0v) is 12.4. The number of nitrogens with zero attached hydrogens (tertiary/aromatic N) is 2. The highest BCUT2D eigenvalue weighted by atomic mass is 16.6. The molecule has 110 valence electrons. The third kappa shape index (κ3) is 3.48. The van der Waals surface area contributed by atoms with Crippen molar-refractivity contribution in [2.45, 2.75) is 26.8 Å². The van der Waals surface area contributed by atoms with Crippen molar-refractivity contribution >= 4 is 11.4 Å². The molecular formula is C15H23N3O2. The normalized spacial score (nSPS) is 23.6. The van der Waals surface area contributed by atoms with Gasteiger partial charge in [0, 0.05) is 32.7 Å². The molecule has 0 radical (unpaired) electrons. The van der Waals surface area contributed by atoms with Gasteiger partial charge in [0.2, 0.25) is 0 Å². The molecule has 0 spiro atoms. The van der Waals surface area contributed by atoms with E-state index < -0.39 is 0 Å². The van der Waals surface area contributed by atoms with Crippen LogP contribution in [-0.2, 0) is 6.54 Å². The quantitative estimate of drug-likeness (QED) is 0.678. The predicted molar refractivity (Wildman–Crippen MR) is 80.9 cm³/mol. The van der Waals surface area contributed by atoms with E-state index in [1.807, 2.05) is 6.07 Å². The van der Waals surface area contributed by atoms with Crippen LogP contribution in [0.25, 0.3) is 0 Å². The average Bonchev–Trinajstić information content (AvgIpc) is 2.37. The molecule has 2 atom stereocenters. The molecule has 0 saturated carbocycles. The molecule has 20 heavy (non-hydrogen) atoms. The predicted octanol–water partition coefficient (Wildman–Crippen LogP) is 3.11. The zero-order valence-electron chi connectivity index (χ0n) is 12.4. The summed E-state index contributed by atoms with van der Waals surface area (Å²) < 4.78 is 0. The summed E-state index contributed by atoms with van der Waals surface area (Å²) in [6, 6.07) is 5.46. The van der Waals surface area contributed by atoms with Crippen molar-refractivity contribution in [1.29, 1.82) is 0 Å². The number of nitro groups is 1. The molecule has 1 saturated heterocycles. The van der Waals surface area contributed by atoms with Crippen molar-refractivity contribution in [3.05, 3.63) is 33.9 Å². The van der Waals surface area contributed by atoms with Gasteiger partial charge in [0.05, 0.1) is 4.92 Å². The molecule has 1 aromatic carbocycles. The minimum Gasteiger partial charge on any atom is -0.383 e. The van der Waals surface area contributed by atoms with E-state index in [9.17, 15) is 10.1 Å². The van der Waals surface area contributed by atoms with Crippen LogP contribution in [0.3, 0.4) is 0 Å². The molecule has 1 aromatic rings. The lowest BCUT2D eigenvalue weighted by atomic mass is 9.91. The molecular weight excluding hydrogens is 254 g/mol. The summed E-state index contributed by atoms with van der Waals surface area (Å²) in [7, 11) is 1.70. The molecule has 5 heteroatoms. The number of nitro benzene ring substituents is 1. The minimum atomic E-state index is -0.323. The van der Waals surface area contributed by atoms with Gasteiger partial charge in [-0.05, 0) is 29.9 Å². The first-order valence-electron chi connectivity index (χ1n) is 7.17. The topological polar surface area (TPSA) is 58.4 Å². The molecule has 5 nitrogen and oxygen atoms in total. The van der Waals surface area contributed by atoms with Gasteiger partial charge in [-0.2, -0.15) is 0 Å². The van der Waals surface area contributed by atoms with Crippen LogP contribution in [0.15, 0.2) is 18.2 Å². The Labute approximate surface area is 120 Å². The fraction of sp³-hybridized carbons (Fsp3) is 0.600. The Hall–Kier alpha value is -1.62. The highest BCUT2D eigenvalue weighted by Crippen LogP contribution is 2.27. The van der Waals surface area contributed by atoms with Crippen LogP contribution in [0.2, 0.25) is 0 Å². The van der Waals surface area contributed by atoms with Gasteiger partial charge in [0.1, 0.15) is 5.69 Å². The Morgan fingerprint density at radius 1 is 1.35 bits per heavy atom. The average molecular weight is 277 g/mol. The maximum Gasteiger partial charge on any atom is 0.292 e. The fourth-order valence-electron chi connectivity index (χ4n) is 3.22. The maximum atomic E-state index is 11.1. The Kier molecular flexibility index (Phi) is 4.60. The fourth-order valence-corrected chi connectivity index (χ4v) is 3.22. The van der Waals surface area contributed by atoms with Gasteiger partial charge < -0.3 is 5.32 Å². The van der Waals surface area contributed by atoms with Gasteiger partial charge in [0.15, 0.2) is 0 Å². The summed E-state index contributed by atoms with van der Waals surface area (Å²) in [5.74, 6) is 1.40. The number of hydrogen-bond acceptors (Lipinski definition) is 4. The first-order valence-corrected chi connectivity index (χ1v) is 7.17. The van der Waals surface area contributed by atoms with Gasteiger partial charge in [0.25, 0.3) is 5.69 Å². The number of piperidine rings is 1. The third-order valence-electron chi connectivity index (χ3n) is 3.88. The van der Waals surface area contributed by atoms with E-state index in [0.717, 1.165) is 25.2 Å². The summed E-state index contributed by atoms with van der Waals surface area (Å²) in [5.41, 5.74) is 1.74. The second-order valence-corrected chi connectivity index (χ2v) is 6.00. The van der Waals surface area contributed by atoms with E-state index in [1.54, 1.807) is 19.2 Å². The summed E-state index contributed by atoms with van der Waals surface area (Å²) in [6.07, 6.45) is 1.27. The lowest BCUT2D eigenvalue weighted by molar-refractivity contribution is -0.384. The molecule has 2 rings (SSSR count). The Morgan fingerprint density at radius 3 is 2.55 bits per heavy atom. The van der Waals surface area contributed by atoms with Crippen LogP contribution in [0.4, 0.5) is 11.4 Å². The Morgan fingerprint density at radius 2 is 2.00 bits per heavy atom. The van der Waals surface area contributed by atoms with Gasteiger partial charge >= 0.3 is 0 Å². The molecule has 0 aliphatic carbocycles. The van der Waals surface area contributed by atoms with Crippen LogP contribution in [-0.4, -0.2) is 30.0 Å². The number of anilines is 1. The van der Waals surface area contributed by atoms with Crippen molar-refractivity contribution in [2.24, 2.45) is 11.8 Å².